The van der Waals surface area contributed by atoms with E-state index in [0.717, 1.165) is 18.8 Å². The summed E-state index contributed by atoms with van der Waals surface area (Å²) in [6, 6.07) is 10.1. The van der Waals surface area contributed by atoms with Crippen molar-refractivity contribution < 1.29 is 14.3 Å². The maximum atomic E-state index is 12.6. The standard InChI is InChI=1S/C24H32N6O4/c1-18-20(23(33)27-24(26-18)30-13-15-34-16-14-30)7-8-21(31)25-17-22(32)29-11-9-28(10-12-29)19-5-3-2-4-6-19/h2-6H,7-17H2,1H3,(H,25,31)(H,26,27,33). The Morgan fingerprint density at radius 1 is 1.03 bits per heavy atom. The molecule has 1 aromatic heterocycles. The van der Waals surface area contributed by atoms with Gasteiger partial charge in [0.2, 0.25) is 17.8 Å². The Bertz CT molecular complexity index is 1040. The van der Waals surface area contributed by atoms with Gasteiger partial charge in [0.05, 0.1) is 19.8 Å². The van der Waals surface area contributed by atoms with Crippen molar-refractivity contribution in [3.8, 4) is 0 Å². The highest BCUT2D eigenvalue weighted by Crippen LogP contribution is 2.15. The maximum absolute atomic E-state index is 12.6. The van der Waals surface area contributed by atoms with Gasteiger partial charge in [0.1, 0.15) is 0 Å². The lowest BCUT2D eigenvalue weighted by atomic mass is 10.1. The minimum Gasteiger partial charge on any atom is -0.378 e. The summed E-state index contributed by atoms with van der Waals surface area (Å²) in [4.78, 5) is 50.8. The van der Waals surface area contributed by atoms with Crippen LogP contribution in [0.1, 0.15) is 17.7 Å². The molecule has 0 spiro atoms. The zero-order valence-corrected chi connectivity index (χ0v) is 19.6. The molecule has 0 radical (unpaired) electrons. The average Bonchev–Trinajstić information content (AvgIpc) is 2.88. The van der Waals surface area contributed by atoms with Gasteiger partial charge in [-0.25, -0.2) is 4.98 Å². The van der Waals surface area contributed by atoms with Crippen LogP contribution in [-0.4, -0.2) is 85.7 Å². The predicted octanol–water partition coefficient (Wildman–Crippen LogP) is 0.313. The van der Waals surface area contributed by atoms with Crippen molar-refractivity contribution >= 4 is 23.5 Å². The number of carbonyl (C=O) groups is 2. The summed E-state index contributed by atoms with van der Waals surface area (Å²) in [6.45, 7) is 7.09. The van der Waals surface area contributed by atoms with Crippen LogP contribution >= 0.6 is 0 Å². The van der Waals surface area contributed by atoms with E-state index in [1.54, 1.807) is 11.8 Å². The first-order chi connectivity index (χ1) is 16.5. The largest absolute Gasteiger partial charge is 0.378 e. The van der Waals surface area contributed by atoms with E-state index in [-0.39, 0.29) is 36.8 Å². The Labute approximate surface area is 198 Å². The molecule has 2 saturated heterocycles. The first kappa shape index (κ1) is 23.7. The number of nitrogens with zero attached hydrogens (tertiary/aromatic N) is 4. The predicted molar refractivity (Wildman–Crippen MR) is 129 cm³/mol. The lowest BCUT2D eigenvalue weighted by molar-refractivity contribution is -0.133. The third-order valence-electron chi connectivity index (χ3n) is 6.31. The zero-order valence-electron chi connectivity index (χ0n) is 19.6. The number of hydrogen-bond acceptors (Lipinski definition) is 7. The van der Waals surface area contributed by atoms with Crippen LogP contribution in [-0.2, 0) is 20.7 Å². The molecule has 2 N–H and O–H groups in total. The average molecular weight is 469 g/mol. The van der Waals surface area contributed by atoms with Crippen molar-refractivity contribution in [1.29, 1.82) is 0 Å². The lowest BCUT2D eigenvalue weighted by Crippen LogP contribution is -2.51. The molecule has 2 aliphatic rings. The number of morpholine rings is 1. The number of benzene rings is 1. The number of hydrogen-bond donors (Lipinski definition) is 2. The van der Waals surface area contributed by atoms with Crippen LogP contribution in [0.25, 0.3) is 0 Å². The van der Waals surface area contributed by atoms with Crippen molar-refractivity contribution in [3.05, 3.63) is 51.9 Å². The fourth-order valence-electron chi connectivity index (χ4n) is 4.28. The summed E-state index contributed by atoms with van der Waals surface area (Å²) < 4.78 is 5.34. The van der Waals surface area contributed by atoms with E-state index in [1.165, 1.54) is 0 Å². The first-order valence-corrected chi connectivity index (χ1v) is 11.8. The second-order valence-corrected chi connectivity index (χ2v) is 8.53. The zero-order chi connectivity index (χ0) is 23.9. The molecule has 2 fully saturated rings. The number of ether oxygens (including phenoxy) is 1. The van der Waals surface area contributed by atoms with Crippen LogP contribution in [0.2, 0.25) is 0 Å². The quantitative estimate of drug-likeness (QED) is 0.602. The van der Waals surface area contributed by atoms with Gasteiger partial charge >= 0.3 is 0 Å². The number of H-pyrrole nitrogens is 1. The van der Waals surface area contributed by atoms with E-state index in [9.17, 15) is 14.4 Å². The molecule has 10 nitrogen and oxygen atoms in total. The SMILES string of the molecule is Cc1nc(N2CCOCC2)[nH]c(=O)c1CCC(=O)NCC(=O)N1CCN(c2ccccc2)CC1. The Balaban J connectivity index is 1.21. The molecule has 4 rings (SSSR count). The number of para-hydroxylation sites is 1. The summed E-state index contributed by atoms with van der Waals surface area (Å²) in [6.07, 6.45) is 0.394. The molecule has 0 aliphatic carbocycles. The highest BCUT2D eigenvalue weighted by Gasteiger charge is 2.22. The fourth-order valence-corrected chi connectivity index (χ4v) is 4.28. The van der Waals surface area contributed by atoms with Gasteiger partial charge in [-0.3, -0.25) is 19.4 Å². The molecule has 0 unspecified atom stereocenters. The Kier molecular flexibility index (Phi) is 7.79. The molecule has 2 aliphatic heterocycles. The fraction of sp³-hybridized carbons (Fsp3) is 0.500. The van der Waals surface area contributed by atoms with Gasteiger partial charge in [-0.05, 0) is 25.5 Å². The summed E-state index contributed by atoms with van der Waals surface area (Å²) in [5.74, 6) is 0.191. The Morgan fingerprint density at radius 3 is 2.41 bits per heavy atom. The minimum absolute atomic E-state index is 0.0340. The van der Waals surface area contributed by atoms with E-state index in [4.69, 9.17) is 4.74 Å². The smallest absolute Gasteiger partial charge is 0.255 e. The van der Waals surface area contributed by atoms with Crippen LogP contribution in [0, 0.1) is 6.92 Å². The van der Waals surface area contributed by atoms with Gasteiger partial charge in [0, 0.05) is 62.6 Å². The number of aromatic nitrogens is 2. The number of rotatable bonds is 7. The molecule has 1 aromatic carbocycles. The molecule has 0 atom stereocenters. The molecule has 0 saturated carbocycles. The Morgan fingerprint density at radius 2 is 1.74 bits per heavy atom. The molecular weight excluding hydrogens is 436 g/mol. The van der Waals surface area contributed by atoms with Crippen LogP contribution in [0.4, 0.5) is 11.6 Å². The van der Waals surface area contributed by atoms with Crippen molar-refractivity contribution in [3.63, 3.8) is 0 Å². The number of anilines is 2. The second-order valence-electron chi connectivity index (χ2n) is 8.53. The minimum atomic E-state index is -0.257. The number of carbonyl (C=O) groups excluding carboxylic acids is 2. The third-order valence-corrected chi connectivity index (χ3v) is 6.31. The number of amides is 2. The van der Waals surface area contributed by atoms with Crippen LogP contribution in [0.15, 0.2) is 35.1 Å². The van der Waals surface area contributed by atoms with Crippen molar-refractivity contribution in [2.24, 2.45) is 0 Å². The summed E-state index contributed by atoms with van der Waals surface area (Å²) in [5.41, 5.74) is 2.04. The molecular formula is C24H32N6O4. The number of piperazine rings is 1. The van der Waals surface area contributed by atoms with E-state index in [1.807, 2.05) is 23.1 Å². The normalized spacial score (nSPS) is 16.4. The van der Waals surface area contributed by atoms with Gasteiger partial charge in [-0.15, -0.1) is 0 Å². The van der Waals surface area contributed by atoms with Gasteiger partial charge in [0.15, 0.2) is 0 Å². The second kappa shape index (κ2) is 11.1. The van der Waals surface area contributed by atoms with Crippen molar-refractivity contribution in [2.75, 3.05) is 68.8 Å². The van der Waals surface area contributed by atoms with Crippen LogP contribution in [0.5, 0.6) is 0 Å². The molecule has 10 heteroatoms. The van der Waals surface area contributed by atoms with E-state index in [2.05, 4.69) is 32.3 Å². The van der Waals surface area contributed by atoms with Crippen LogP contribution in [0.3, 0.4) is 0 Å². The van der Waals surface area contributed by atoms with Crippen molar-refractivity contribution in [2.45, 2.75) is 19.8 Å². The molecule has 2 amide bonds. The summed E-state index contributed by atoms with van der Waals surface area (Å²) in [5, 5.41) is 2.70. The lowest BCUT2D eigenvalue weighted by Gasteiger charge is -2.36. The van der Waals surface area contributed by atoms with Crippen LogP contribution < -0.4 is 20.7 Å². The first-order valence-electron chi connectivity index (χ1n) is 11.8. The van der Waals surface area contributed by atoms with Gasteiger partial charge in [-0.2, -0.15) is 0 Å². The van der Waals surface area contributed by atoms with E-state index in [0.29, 0.717) is 56.6 Å². The highest BCUT2D eigenvalue weighted by molar-refractivity contribution is 5.85. The number of aromatic amines is 1. The molecule has 0 bridgehead atoms. The summed E-state index contributed by atoms with van der Waals surface area (Å²) >= 11 is 0. The van der Waals surface area contributed by atoms with Gasteiger partial charge in [-0.1, -0.05) is 18.2 Å². The van der Waals surface area contributed by atoms with Gasteiger partial charge < -0.3 is 24.8 Å². The number of nitrogens with one attached hydrogen (secondary N) is 2. The molecule has 182 valence electrons. The van der Waals surface area contributed by atoms with Crippen molar-refractivity contribution in [1.82, 2.24) is 20.2 Å². The Hall–Kier alpha value is -3.40. The van der Waals surface area contributed by atoms with E-state index < -0.39 is 0 Å². The highest BCUT2D eigenvalue weighted by atomic mass is 16.5. The third kappa shape index (κ3) is 5.93. The summed E-state index contributed by atoms with van der Waals surface area (Å²) in [7, 11) is 0. The monoisotopic (exact) mass is 468 g/mol. The molecule has 3 heterocycles. The maximum Gasteiger partial charge on any atom is 0.255 e. The van der Waals surface area contributed by atoms with E-state index >= 15 is 0 Å². The number of aryl methyl sites for hydroxylation is 1. The molecule has 2 aromatic rings. The topological polar surface area (TPSA) is 111 Å². The molecule has 34 heavy (non-hydrogen) atoms. The van der Waals surface area contributed by atoms with Gasteiger partial charge in [0.25, 0.3) is 5.56 Å².